The topological polar surface area (TPSA) is 55.9 Å². The molecule has 1 heterocycles. The Morgan fingerprint density at radius 1 is 1.53 bits per heavy atom. The Kier molecular flexibility index (Phi) is 3.31. The first-order valence-corrected chi connectivity index (χ1v) is 5.72. The third-order valence-corrected chi connectivity index (χ3v) is 2.51. The summed E-state index contributed by atoms with van der Waals surface area (Å²) in [7, 11) is 0. The Labute approximate surface area is 109 Å². The van der Waals surface area contributed by atoms with E-state index in [0.29, 0.717) is 5.02 Å². The summed E-state index contributed by atoms with van der Waals surface area (Å²) in [6.07, 6.45) is 3.69. The van der Waals surface area contributed by atoms with Gasteiger partial charge in [-0.25, -0.2) is 4.68 Å². The van der Waals surface area contributed by atoms with Crippen molar-refractivity contribution in [2.45, 2.75) is 6.92 Å². The van der Waals surface area contributed by atoms with Crippen molar-refractivity contribution < 1.29 is 0 Å². The molecule has 0 aliphatic carbocycles. The van der Waals surface area contributed by atoms with Crippen LogP contribution in [0.2, 0.25) is 5.02 Å². The molecule has 0 saturated heterocycles. The highest BCUT2D eigenvalue weighted by molar-refractivity contribution is 7.80. The lowest BCUT2D eigenvalue weighted by molar-refractivity contribution is 0.882. The first kappa shape index (κ1) is 11.9. The molecule has 0 atom stereocenters. The molecular formula is C11H11ClN4S. The number of anilines is 1. The van der Waals surface area contributed by atoms with Gasteiger partial charge in [-0.3, -0.25) is 0 Å². The first-order valence-electron chi connectivity index (χ1n) is 4.94. The summed E-state index contributed by atoms with van der Waals surface area (Å²) in [4.78, 5) is 0. The van der Waals surface area contributed by atoms with Gasteiger partial charge in [0, 0.05) is 11.2 Å². The molecule has 0 amide bonds. The second-order valence-corrected chi connectivity index (χ2v) is 4.49. The maximum absolute atomic E-state index is 5.94. The predicted octanol–water partition coefficient (Wildman–Crippen LogP) is 2.49. The van der Waals surface area contributed by atoms with Crippen molar-refractivity contribution in [1.29, 1.82) is 0 Å². The summed E-state index contributed by atoms with van der Waals surface area (Å²) in [5, 5.41) is 7.92. The lowest BCUT2D eigenvalue weighted by Crippen LogP contribution is -2.20. The molecule has 0 aliphatic rings. The highest BCUT2D eigenvalue weighted by Gasteiger charge is 2.07. The third kappa shape index (κ3) is 2.75. The normalized spacial score (nSPS) is 10.2. The minimum Gasteiger partial charge on any atom is -0.376 e. The minimum atomic E-state index is 0.192. The summed E-state index contributed by atoms with van der Waals surface area (Å²) in [5.74, 6) is 0. The zero-order chi connectivity index (χ0) is 12.4. The maximum Gasteiger partial charge on any atom is 0.168 e. The molecule has 88 valence electrons. The highest BCUT2D eigenvalue weighted by Crippen LogP contribution is 2.24. The van der Waals surface area contributed by atoms with E-state index in [9.17, 15) is 0 Å². The van der Waals surface area contributed by atoms with E-state index < -0.39 is 0 Å². The van der Waals surface area contributed by atoms with Gasteiger partial charge in [0.1, 0.15) is 0 Å². The van der Waals surface area contributed by atoms with Crippen LogP contribution in [0.25, 0.3) is 5.69 Å². The summed E-state index contributed by atoms with van der Waals surface area (Å²) in [6.45, 7) is 1.97. The van der Waals surface area contributed by atoms with Crippen molar-refractivity contribution in [3.05, 3.63) is 41.2 Å². The van der Waals surface area contributed by atoms with E-state index in [1.807, 2.05) is 19.2 Å². The second kappa shape index (κ2) is 4.73. The van der Waals surface area contributed by atoms with E-state index in [1.54, 1.807) is 23.0 Å². The van der Waals surface area contributed by atoms with Crippen LogP contribution in [0.3, 0.4) is 0 Å². The van der Waals surface area contributed by atoms with Gasteiger partial charge in [0.05, 0.1) is 17.6 Å². The molecule has 0 fully saturated rings. The molecule has 2 rings (SSSR count). The molecule has 1 aromatic carbocycles. The smallest absolute Gasteiger partial charge is 0.168 e. The monoisotopic (exact) mass is 266 g/mol. The number of thiocarbonyl (C=S) groups is 1. The zero-order valence-electron chi connectivity index (χ0n) is 9.14. The van der Waals surface area contributed by atoms with Gasteiger partial charge in [0.15, 0.2) is 5.11 Å². The Hall–Kier alpha value is -1.59. The van der Waals surface area contributed by atoms with Gasteiger partial charge in [-0.2, -0.15) is 5.10 Å². The number of rotatable bonds is 2. The summed E-state index contributed by atoms with van der Waals surface area (Å²) in [6, 6.07) is 5.40. The summed E-state index contributed by atoms with van der Waals surface area (Å²) in [5.41, 5.74) is 8.12. The van der Waals surface area contributed by atoms with Crippen molar-refractivity contribution in [3.63, 3.8) is 0 Å². The number of nitrogens with zero attached hydrogens (tertiary/aromatic N) is 2. The van der Waals surface area contributed by atoms with Gasteiger partial charge in [0.25, 0.3) is 0 Å². The lowest BCUT2D eigenvalue weighted by Gasteiger charge is -2.11. The quantitative estimate of drug-likeness (QED) is 0.820. The number of hydrogen-bond donors (Lipinski definition) is 2. The first-order chi connectivity index (χ1) is 8.06. The van der Waals surface area contributed by atoms with Crippen LogP contribution in [0, 0.1) is 6.92 Å². The molecule has 3 N–H and O–H groups in total. The number of nitrogens with two attached hydrogens (primary N) is 1. The Morgan fingerprint density at radius 2 is 2.29 bits per heavy atom. The van der Waals surface area contributed by atoms with E-state index in [2.05, 4.69) is 10.4 Å². The summed E-state index contributed by atoms with van der Waals surface area (Å²) < 4.78 is 1.74. The summed E-state index contributed by atoms with van der Waals surface area (Å²) >= 11 is 10.8. The van der Waals surface area contributed by atoms with Gasteiger partial charge < -0.3 is 11.1 Å². The van der Waals surface area contributed by atoms with Gasteiger partial charge in [-0.05, 0) is 42.9 Å². The van der Waals surface area contributed by atoms with Crippen molar-refractivity contribution in [2.75, 3.05) is 5.32 Å². The van der Waals surface area contributed by atoms with Crippen LogP contribution in [0.4, 0.5) is 5.69 Å². The zero-order valence-corrected chi connectivity index (χ0v) is 10.7. The standard InChI is InChI=1S/C11H11ClN4S/c1-7-5-14-16(6-7)10-3-2-8(12)4-9(10)15-11(13)17/h2-6H,1H3,(H3,13,15,17). The van der Waals surface area contributed by atoms with Crippen LogP contribution >= 0.6 is 23.8 Å². The maximum atomic E-state index is 5.94. The molecule has 0 bridgehead atoms. The Morgan fingerprint density at radius 3 is 2.88 bits per heavy atom. The fourth-order valence-corrected chi connectivity index (χ4v) is 1.77. The average molecular weight is 267 g/mol. The van der Waals surface area contributed by atoms with Crippen molar-refractivity contribution in [3.8, 4) is 5.69 Å². The van der Waals surface area contributed by atoms with E-state index in [4.69, 9.17) is 29.6 Å². The van der Waals surface area contributed by atoms with Crippen molar-refractivity contribution in [1.82, 2.24) is 9.78 Å². The van der Waals surface area contributed by atoms with E-state index in [0.717, 1.165) is 16.9 Å². The molecule has 0 radical (unpaired) electrons. The largest absolute Gasteiger partial charge is 0.376 e. The van der Waals surface area contributed by atoms with Crippen LogP contribution in [0.15, 0.2) is 30.6 Å². The van der Waals surface area contributed by atoms with Crippen LogP contribution in [0.5, 0.6) is 0 Å². The van der Waals surface area contributed by atoms with E-state index in [-0.39, 0.29) is 5.11 Å². The molecular weight excluding hydrogens is 256 g/mol. The lowest BCUT2D eigenvalue weighted by atomic mass is 10.2. The molecule has 0 saturated carbocycles. The third-order valence-electron chi connectivity index (χ3n) is 2.17. The number of halogens is 1. The molecule has 0 unspecified atom stereocenters. The number of aryl methyl sites for hydroxylation is 1. The molecule has 0 spiro atoms. The van der Waals surface area contributed by atoms with Crippen LogP contribution < -0.4 is 11.1 Å². The number of aromatic nitrogens is 2. The highest BCUT2D eigenvalue weighted by atomic mass is 35.5. The number of hydrogen-bond acceptors (Lipinski definition) is 2. The fraction of sp³-hybridized carbons (Fsp3) is 0.0909. The fourth-order valence-electron chi connectivity index (χ4n) is 1.49. The van der Waals surface area contributed by atoms with Crippen LogP contribution in [-0.4, -0.2) is 14.9 Å². The Balaban J connectivity index is 2.49. The second-order valence-electron chi connectivity index (χ2n) is 3.61. The van der Waals surface area contributed by atoms with Crippen molar-refractivity contribution in [2.24, 2.45) is 5.73 Å². The number of nitrogens with one attached hydrogen (secondary N) is 1. The molecule has 6 heteroatoms. The average Bonchev–Trinajstić information content (AvgIpc) is 2.64. The van der Waals surface area contributed by atoms with Crippen molar-refractivity contribution >= 4 is 34.6 Å². The van der Waals surface area contributed by atoms with Gasteiger partial charge >= 0.3 is 0 Å². The minimum absolute atomic E-state index is 0.192. The SMILES string of the molecule is Cc1cnn(-c2ccc(Cl)cc2NC(N)=S)c1. The molecule has 17 heavy (non-hydrogen) atoms. The van der Waals surface area contributed by atoms with Crippen LogP contribution in [0.1, 0.15) is 5.56 Å². The predicted molar refractivity (Wildman–Crippen MR) is 73.7 cm³/mol. The molecule has 0 aliphatic heterocycles. The van der Waals surface area contributed by atoms with Gasteiger partial charge in [-0.15, -0.1) is 0 Å². The number of benzene rings is 1. The Bertz CT molecular complexity index is 564. The van der Waals surface area contributed by atoms with Crippen LogP contribution in [-0.2, 0) is 0 Å². The van der Waals surface area contributed by atoms with E-state index in [1.165, 1.54) is 0 Å². The van der Waals surface area contributed by atoms with Gasteiger partial charge in [-0.1, -0.05) is 11.6 Å². The molecule has 1 aromatic heterocycles. The molecule has 2 aromatic rings. The van der Waals surface area contributed by atoms with E-state index >= 15 is 0 Å². The molecule has 4 nitrogen and oxygen atoms in total. The van der Waals surface area contributed by atoms with Gasteiger partial charge in [0.2, 0.25) is 0 Å².